The molecule has 16 heavy (non-hydrogen) atoms. The van der Waals surface area contributed by atoms with Gasteiger partial charge in [-0.2, -0.15) is 5.10 Å². The van der Waals surface area contributed by atoms with Crippen LogP contribution in [0.4, 0.5) is 4.39 Å². The number of methoxy groups -OCH3 is 1. The molecule has 1 heterocycles. The summed E-state index contributed by atoms with van der Waals surface area (Å²) in [5, 5.41) is 16.7. The smallest absolute Gasteiger partial charge is 0.233 e. The number of hydrogen-bond acceptors (Lipinski definition) is 4. The van der Waals surface area contributed by atoms with Gasteiger partial charge in [0.1, 0.15) is 0 Å². The van der Waals surface area contributed by atoms with E-state index in [1.807, 2.05) is 0 Å². The van der Waals surface area contributed by atoms with Gasteiger partial charge in [0.15, 0.2) is 11.6 Å². The summed E-state index contributed by atoms with van der Waals surface area (Å²) in [5.41, 5.74) is 1.34. The van der Waals surface area contributed by atoms with Gasteiger partial charge in [-0.15, -0.1) is 5.10 Å². The molecule has 0 saturated heterocycles. The minimum Gasteiger partial charge on any atom is -0.505 e. The van der Waals surface area contributed by atoms with Gasteiger partial charge in [-0.05, 0) is 17.7 Å². The highest BCUT2D eigenvalue weighted by molar-refractivity contribution is 5.64. The maximum atomic E-state index is 12.9. The van der Waals surface area contributed by atoms with E-state index in [0.29, 0.717) is 17.0 Å². The summed E-state index contributed by atoms with van der Waals surface area (Å²) in [6, 6.07) is 5.72. The lowest BCUT2D eigenvalue weighted by atomic mass is 10.1. The van der Waals surface area contributed by atoms with Crippen molar-refractivity contribution >= 4 is 0 Å². The first kappa shape index (κ1) is 10.4. The third-order valence-corrected chi connectivity index (χ3v) is 2.12. The Bertz CT molecular complexity index is 517. The zero-order chi connectivity index (χ0) is 11.5. The Hall–Kier alpha value is -2.17. The predicted molar refractivity (Wildman–Crippen MR) is 55.6 cm³/mol. The van der Waals surface area contributed by atoms with E-state index < -0.39 is 11.6 Å². The number of nitrogens with zero attached hydrogens (tertiary/aromatic N) is 2. The van der Waals surface area contributed by atoms with Gasteiger partial charge in [-0.25, -0.2) is 4.39 Å². The number of phenolic OH excluding ortho intramolecular Hbond substituents is 1. The van der Waals surface area contributed by atoms with E-state index in [9.17, 15) is 9.50 Å². The molecule has 0 aliphatic carbocycles. The van der Waals surface area contributed by atoms with Crippen molar-refractivity contribution < 1.29 is 14.2 Å². The molecule has 0 saturated carbocycles. The first-order valence-electron chi connectivity index (χ1n) is 4.56. The first-order valence-corrected chi connectivity index (χ1v) is 4.56. The molecule has 0 unspecified atom stereocenters. The van der Waals surface area contributed by atoms with E-state index in [4.69, 9.17) is 4.74 Å². The second-order valence-electron chi connectivity index (χ2n) is 3.15. The standard InChI is InChI=1S/C11H9FN2O2/c1-16-11-5-8(6-13-14-11)7-2-3-9(12)10(15)4-7/h2-6,15H,1H3. The molecule has 5 heteroatoms. The van der Waals surface area contributed by atoms with E-state index in [2.05, 4.69) is 10.2 Å². The van der Waals surface area contributed by atoms with Crippen LogP contribution in [0.25, 0.3) is 11.1 Å². The van der Waals surface area contributed by atoms with Crippen LogP contribution < -0.4 is 4.74 Å². The fourth-order valence-corrected chi connectivity index (χ4v) is 1.30. The second kappa shape index (κ2) is 4.14. The molecule has 82 valence electrons. The topological polar surface area (TPSA) is 55.2 Å². The normalized spacial score (nSPS) is 10.1. The summed E-state index contributed by atoms with van der Waals surface area (Å²) in [4.78, 5) is 0. The number of rotatable bonds is 2. The molecule has 0 amide bonds. The van der Waals surface area contributed by atoms with Gasteiger partial charge < -0.3 is 9.84 Å². The summed E-state index contributed by atoms with van der Waals surface area (Å²) in [5.74, 6) is -0.688. The van der Waals surface area contributed by atoms with Crippen molar-refractivity contribution in [3.05, 3.63) is 36.3 Å². The zero-order valence-corrected chi connectivity index (χ0v) is 8.51. The molecule has 1 N–H and O–H groups in total. The lowest BCUT2D eigenvalue weighted by molar-refractivity contribution is 0.392. The molecule has 0 bridgehead atoms. The van der Waals surface area contributed by atoms with E-state index in [1.165, 1.54) is 25.4 Å². The van der Waals surface area contributed by atoms with Crippen molar-refractivity contribution in [2.45, 2.75) is 0 Å². The van der Waals surface area contributed by atoms with Crippen molar-refractivity contribution in [3.63, 3.8) is 0 Å². The van der Waals surface area contributed by atoms with Crippen molar-refractivity contribution in [2.75, 3.05) is 7.11 Å². The van der Waals surface area contributed by atoms with E-state index in [0.717, 1.165) is 0 Å². The molecule has 0 aliphatic heterocycles. The maximum absolute atomic E-state index is 12.9. The quantitative estimate of drug-likeness (QED) is 0.840. The number of hydrogen-bond donors (Lipinski definition) is 1. The van der Waals surface area contributed by atoms with Crippen LogP contribution in [0.2, 0.25) is 0 Å². The third-order valence-electron chi connectivity index (χ3n) is 2.12. The largest absolute Gasteiger partial charge is 0.505 e. The summed E-state index contributed by atoms with van der Waals surface area (Å²) in [6.45, 7) is 0. The van der Waals surface area contributed by atoms with Gasteiger partial charge >= 0.3 is 0 Å². The van der Waals surface area contributed by atoms with E-state index in [-0.39, 0.29) is 0 Å². The summed E-state index contributed by atoms with van der Waals surface area (Å²) >= 11 is 0. The average Bonchev–Trinajstić information content (AvgIpc) is 2.33. The van der Waals surface area contributed by atoms with Gasteiger partial charge in [-0.3, -0.25) is 0 Å². The Morgan fingerprint density at radius 2 is 2.06 bits per heavy atom. The Kier molecular flexibility index (Phi) is 2.68. The van der Waals surface area contributed by atoms with Crippen LogP contribution in [0.3, 0.4) is 0 Å². The molecule has 4 nitrogen and oxygen atoms in total. The Morgan fingerprint density at radius 1 is 1.25 bits per heavy atom. The number of halogens is 1. The fourth-order valence-electron chi connectivity index (χ4n) is 1.30. The molecule has 0 spiro atoms. The second-order valence-corrected chi connectivity index (χ2v) is 3.15. The van der Waals surface area contributed by atoms with E-state index in [1.54, 1.807) is 12.1 Å². The molecule has 0 radical (unpaired) electrons. The lowest BCUT2D eigenvalue weighted by Gasteiger charge is -2.03. The molecule has 1 aromatic carbocycles. The maximum Gasteiger partial charge on any atom is 0.233 e. The number of aromatic hydroxyl groups is 1. The monoisotopic (exact) mass is 220 g/mol. The van der Waals surface area contributed by atoms with Gasteiger partial charge in [-0.1, -0.05) is 6.07 Å². The van der Waals surface area contributed by atoms with Crippen LogP contribution in [0.15, 0.2) is 30.5 Å². The highest BCUT2D eigenvalue weighted by atomic mass is 19.1. The molecular formula is C11H9FN2O2. The molecule has 0 aliphatic rings. The van der Waals surface area contributed by atoms with Crippen LogP contribution in [0, 0.1) is 5.82 Å². The summed E-state index contributed by atoms with van der Waals surface area (Å²) < 4.78 is 17.8. The van der Waals surface area contributed by atoms with Crippen molar-refractivity contribution in [1.82, 2.24) is 10.2 Å². The molecule has 2 aromatic rings. The number of aromatic nitrogens is 2. The molecule has 1 aromatic heterocycles. The zero-order valence-electron chi connectivity index (χ0n) is 8.51. The van der Waals surface area contributed by atoms with Crippen LogP contribution in [-0.2, 0) is 0 Å². The minimum atomic E-state index is -0.655. The molecule has 0 atom stereocenters. The van der Waals surface area contributed by atoms with E-state index >= 15 is 0 Å². The van der Waals surface area contributed by atoms with Crippen molar-refractivity contribution in [3.8, 4) is 22.8 Å². The Morgan fingerprint density at radius 3 is 2.75 bits per heavy atom. The SMILES string of the molecule is COc1cc(-c2ccc(F)c(O)c2)cnn1. The summed E-state index contributed by atoms with van der Waals surface area (Å²) in [6.07, 6.45) is 1.51. The fraction of sp³-hybridized carbons (Fsp3) is 0.0909. The van der Waals surface area contributed by atoms with Crippen LogP contribution in [-0.4, -0.2) is 22.4 Å². The number of benzene rings is 1. The van der Waals surface area contributed by atoms with Crippen molar-refractivity contribution in [1.29, 1.82) is 0 Å². The Labute approximate surface area is 91.3 Å². The van der Waals surface area contributed by atoms with Gasteiger partial charge in [0, 0.05) is 11.6 Å². The van der Waals surface area contributed by atoms with Gasteiger partial charge in [0.25, 0.3) is 0 Å². The van der Waals surface area contributed by atoms with Gasteiger partial charge in [0.2, 0.25) is 5.88 Å². The third kappa shape index (κ3) is 1.93. The molecule has 2 rings (SSSR count). The van der Waals surface area contributed by atoms with Gasteiger partial charge in [0.05, 0.1) is 13.3 Å². The lowest BCUT2D eigenvalue weighted by Crippen LogP contribution is -1.91. The highest BCUT2D eigenvalue weighted by Gasteiger charge is 2.05. The van der Waals surface area contributed by atoms with Crippen LogP contribution in [0.5, 0.6) is 11.6 Å². The number of phenols is 1. The molecular weight excluding hydrogens is 211 g/mol. The highest BCUT2D eigenvalue weighted by Crippen LogP contribution is 2.26. The number of ether oxygens (including phenoxy) is 1. The predicted octanol–water partition coefficient (Wildman–Crippen LogP) is 2.00. The summed E-state index contributed by atoms with van der Waals surface area (Å²) in [7, 11) is 1.48. The Balaban J connectivity index is 2.46. The van der Waals surface area contributed by atoms with Crippen LogP contribution in [0.1, 0.15) is 0 Å². The minimum absolute atomic E-state index is 0.362. The molecule has 0 fully saturated rings. The van der Waals surface area contributed by atoms with Crippen LogP contribution >= 0.6 is 0 Å². The first-order chi connectivity index (χ1) is 7.70. The van der Waals surface area contributed by atoms with Crippen molar-refractivity contribution in [2.24, 2.45) is 0 Å². The average molecular weight is 220 g/mol.